The van der Waals surface area contributed by atoms with Crippen LogP contribution in [0.5, 0.6) is 0 Å². The van der Waals surface area contributed by atoms with Crippen molar-refractivity contribution in [3.63, 3.8) is 0 Å². The third kappa shape index (κ3) is 3.38. The van der Waals surface area contributed by atoms with Crippen molar-refractivity contribution in [2.24, 2.45) is 5.92 Å². The maximum absolute atomic E-state index is 13.6. The van der Waals surface area contributed by atoms with Crippen LogP contribution in [0.3, 0.4) is 0 Å². The molecule has 5 nitrogen and oxygen atoms in total. The fourth-order valence-electron chi connectivity index (χ4n) is 4.48. The van der Waals surface area contributed by atoms with E-state index in [1.807, 2.05) is 4.90 Å². The van der Waals surface area contributed by atoms with Crippen LogP contribution in [-0.4, -0.2) is 56.6 Å². The van der Waals surface area contributed by atoms with Crippen molar-refractivity contribution in [2.75, 3.05) is 39.5 Å². The molecule has 6 heteroatoms. The van der Waals surface area contributed by atoms with Crippen LogP contribution in [0.2, 0.25) is 0 Å². The van der Waals surface area contributed by atoms with Gasteiger partial charge in [0.2, 0.25) is 5.91 Å². The summed E-state index contributed by atoms with van der Waals surface area (Å²) in [6.07, 6.45) is 3.04. The summed E-state index contributed by atoms with van der Waals surface area (Å²) in [6.45, 7) is 3.78. The largest absolute Gasteiger partial charge is 0.381 e. The first-order valence-electron chi connectivity index (χ1n) is 9.55. The van der Waals surface area contributed by atoms with Crippen LogP contribution in [0.1, 0.15) is 31.2 Å². The Kier molecular flexibility index (Phi) is 5.25. The summed E-state index contributed by atoms with van der Waals surface area (Å²) in [4.78, 5) is 15.6. The highest BCUT2D eigenvalue weighted by Crippen LogP contribution is 2.38. The molecule has 1 aromatic carbocycles. The molecule has 1 aromatic rings. The highest BCUT2D eigenvalue weighted by molar-refractivity contribution is 5.88. The number of hydrogen-bond donors (Lipinski definition) is 0. The van der Waals surface area contributed by atoms with Gasteiger partial charge in [-0.15, -0.1) is 0 Å². The average Bonchev–Trinajstić information content (AvgIpc) is 3.23. The molecule has 0 N–H and O–H groups in total. The van der Waals surface area contributed by atoms with E-state index in [4.69, 9.17) is 14.2 Å². The Balaban J connectivity index is 1.56. The summed E-state index contributed by atoms with van der Waals surface area (Å²) in [5.74, 6) is 0.0763. The van der Waals surface area contributed by atoms with Crippen molar-refractivity contribution in [1.82, 2.24) is 4.90 Å². The molecule has 1 amide bonds. The number of carbonyl (C=O) groups excluding carboxylic acids is 1. The second kappa shape index (κ2) is 7.62. The topological polar surface area (TPSA) is 48.0 Å². The Bertz CT molecular complexity index is 623. The molecule has 0 bridgehead atoms. The molecule has 0 aromatic heterocycles. The van der Waals surface area contributed by atoms with E-state index in [1.54, 1.807) is 12.1 Å². The van der Waals surface area contributed by atoms with E-state index in [2.05, 4.69) is 0 Å². The van der Waals surface area contributed by atoms with Gasteiger partial charge in [-0.2, -0.15) is 0 Å². The minimum Gasteiger partial charge on any atom is -0.381 e. The molecule has 3 aliphatic rings. The van der Waals surface area contributed by atoms with Crippen LogP contribution in [0.4, 0.5) is 4.39 Å². The number of piperidine rings is 1. The molecule has 4 rings (SSSR count). The summed E-state index contributed by atoms with van der Waals surface area (Å²) in [5.41, 5.74) is 0.272. The lowest BCUT2D eigenvalue weighted by molar-refractivity contribution is -0.148. The Morgan fingerprint density at radius 1 is 1.08 bits per heavy atom. The molecular weight excluding hydrogens is 337 g/mol. The van der Waals surface area contributed by atoms with Crippen LogP contribution >= 0.6 is 0 Å². The maximum atomic E-state index is 13.6. The number of benzene rings is 1. The Morgan fingerprint density at radius 3 is 2.46 bits per heavy atom. The van der Waals surface area contributed by atoms with Gasteiger partial charge < -0.3 is 19.1 Å². The van der Waals surface area contributed by atoms with Crippen molar-refractivity contribution in [2.45, 2.75) is 37.4 Å². The van der Waals surface area contributed by atoms with E-state index in [1.165, 1.54) is 12.1 Å². The first-order valence-corrected chi connectivity index (χ1v) is 9.55. The minimum atomic E-state index is -0.620. The van der Waals surface area contributed by atoms with E-state index in [0.717, 1.165) is 24.9 Å². The van der Waals surface area contributed by atoms with Crippen LogP contribution in [0, 0.1) is 11.7 Å². The fraction of sp³-hybridized carbons (Fsp3) is 0.650. The number of carbonyl (C=O) groups is 1. The number of hydrogen-bond acceptors (Lipinski definition) is 4. The molecule has 1 atom stereocenters. The summed E-state index contributed by atoms with van der Waals surface area (Å²) in [6, 6.07) is 6.39. The Morgan fingerprint density at radius 2 is 1.77 bits per heavy atom. The van der Waals surface area contributed by atoms with Gasteiger partial charge in [-0.3, -0.25) is 4.79 Å². The summed E-state index contributed by atoms with van der Waals surface area (Å²) in [7, 11) is 0. The standard InChI is InChI=1S/C20H26FNO4/c21-17-5-3-16(4-6-17)20(7-10-24-11-8-20)19(23)22-9-1-2-15(14-22)18-25-12-13-26-18/h3-6,15,18H,1-2,7-14H2. The molecular formula is C20H26FNO4. The summed E-state index contributed by atoms with van der Waals surface area (Å²) < 4.78 is 30.3. The van der Waals surface area contributed by atoms with Crippen molar-refractivity contribution >= 4 is 5.91 Å². The monoisotopic (exact) mass is 363 g/mol. The number of likely N-dealkylation sites (tertiary alicyclic amines) is 1. The van der Waals surface area contributed by atoms with Crippen molar-refractivity contribution in [3.05, 3.63) is 35.6 Å². The molecule has 0 radical (unpaired) electrons. The van der Waals surface area contributed by atoms with E-state index >= 15 is 0 Å². The average molecular weight is 363 g/mol. The molecule has 3 aliphatic heterocycles. The number of nitrogens with zero attached hydrogens (tertiary/aromatic N) is 1. The van der Waals surface area contributed by atoms with E-state index in [9.17, 15) is 9.18 Å². The first-order chi connectivity index (χ1) is 12.7. The number of amides is 1. The van der Waals surface area contributed by atoms with E-state index in [-0.39, 0.29) is 23.9 Å². The predicted molar refractivity (Wildman–Crippen MR) is 93.1 cm³/mol. The Labute approximate surface area is 153 Å². The third-order valence-electron chi connectivity index (χ3n) is 5.93. The molecule has 3 heterocycles. The fourth-order valence-corrected chi connectivity index (χ4v) is 4.48. The van der Waals surface area contributed by atoms with Crippen LogP contribution in [-0.2, 0) is 24.4 Å². The third-order valence-corrected chi connectivity index (χ3v) is 5.93. The smallest absolute Gasteiger partial charge is 0.233 e. The number of ether oxygens (including phenoxy) is 3. The summed E-state index contributed by atoms with van der Waals surface area (Å²) in [5, 5.41) is 0. The maximum Gasteiger partial charge on any atom is 0.233 e. The Hall–Kier alpha value is -1.50. The lowest BCUT2D eigenvalue weighted by Crippen LogP contribution is -2.53. The molecule has 26 heavy (non-hydrogen) atoms. The van der Waals surface area contributed by atoms with Crippen LogP contribution in [0.15, 0.2) is 24.3 Å². The van der Waals surface area contributed by atoms with E-state index in [0.29, 0.717) is 45.8 Å². The second-order valence-corrected chi connectivity index (χ2v) is 7.46. The molecule has 0 saturated carbocycles. The van der Waals surface area contributed by atoms with Crippen LogP contribution < -0.4 is 0 Å². The molecule has 0 aliphatic carbocycles. The van der Waals surface area contributed by atoms with Gasteiger partial charge in [-0.1, -0.05) is 12.1 Å². The first kappa shape index (κ1) is 17.9. The van der Waals surface area contributed by atoms with Crippen LogP contribution in [0.25, 0.3) is 0 Å². The van der Waals surface area contributed by atoms with Gasteiger partial charge in [0.05, 0.1) is 18.6 Å². The summed E-state index contributed by atoms with van der Waals surface area (Å²) >= 11 is 0. The zero-order valence-corrected chi connectivity index (χ0v) is 15.0. The molecule has 1 unspecified atom stereocenters. The molecule has 3 saturated heterocycles. The molecule has 3 fully saturated rings. The van der Waals surface area contributed by atoms with Gasteiger partial charge in [-0.05, 0) is 43.4 Å². The second-order valence-electron chi connectivity index (χ2n) is 7.46. The van der Waals surface area contributed by atoms with Gasteiger partial charge in [0.1, 0.15) is 5.82 Å². The van der Waals surface area contributed by atoms with Crippen molar-refractivity contribution < 1.29 is 23.4 Å². The number of rotatable bonds is 3. The number of halogens is 1. The molecule has 142 valence electrons. The minimum absolute atomic E-state index is 0.134. The lowest BCUT2D eigenvalue weighted by atomic mass is 9.72. The SMILES string of the molecule is O=C(N1CCCC(C2OCCO2)C1)C1(c2ccc(F)cc2)CCOCC1. The predicted octanol–water partition coefficient (Wildman–Crippen LogP) is 2.49. The molecule has 0 spiro atoms. The van der Waals surface area contributed by atoms with Gasteiger partial charge >= 0.3 is 0 Å². The van der Waals surface area contributed by atoms with Crippen molar-refractivity contribution in [1.29, 1.82) is 0 Å². The zero-order chi connectivity index (χ0) is 18.0. The normalized spacial score (nSPS) is 26.8. The van der Waals surface area contributed by atoms with Gasteiger partial charge in [0.25, 0.3) is 0 Å². The van der Waals surface area contributed by atoms with E-state index < -0.39 is 5.41 Å². The quantitative estimate of drug-likeness (QED) is 0.828. The van der Waals surface area contributed by atoms with Gasteiger partial charge in [0.15, 0.2) is 6.29 Å². The van der Waals surface area contributed by atoms with Gasteiger partial charge in [0, 0.05) is 32.2 Å². The highest BCUT2D eigenvalue weighted by atomic mass is 19.1. The lowest BCUT2D eigenvalue weighted by Gasteiger charge is -2.43. The van der Waals surface area contributed by atoms with Crippen molar-refractivity contribution in [3.8, 4) is 0 Å². The highest BCUT2D eigenvalue weighted by Gasteiger charge is 2.45. The zero-order valence-electron chi connectivity index (χ0n) is 15.0. The van der Waals surface area contributed by atoms with Gasteiger partial charge in [-0.25, -0.2) is 4.39 Å².